The number of phenolic OH excluding ortho intramolecular Hbond substituents is 1. The Bertz CT molecular complexity index is 1080. The maximum absolute atomic E-state index is 10.3. The van der Waals surface area contributed by atoms with Gasteiger partial charge in [0.1, 0.15) is 5.75 Å². The number of benzene rings is 1. The summed E-state index contributed by atoms with van der Waals surface area (Å²) in [5.74, 6) is 0.595. The Morgan fingerprint density at radius 3 is 2.65 bits per heavy atom. The average Bonchev–Trinajstić information content (AvgIpc) is 2.97. The van der Waals surface area contributed by atoms with Gasteiger partial charge in [-0.1, -0.05) is 26.0 Å². The van der Waals surface area contributed by atoms with E-state index in [1.807, 2.05) is 18.2 Å². The van der Waals surface area contributed by atoms with Gasteiger partial charge in [0, 0.05) is 43.8 Å². The maximum Gasteiger partial charge on any atom is 0.169 e. The van der Waals surface area contributed by atoms with Crippen LogP contribution in [0.25, 0.3) is 11.3 Å². The first-order chi connectivity index (χ1) is 16.3. The highest BCUT2D eigenvalue weighted by Crippen LogP contribution is 2.43. The second-order valence-electron chi connectivity index (χ2n) is 11.1. The smallest absolute Gasteiger partial charge is 0.169 e. The summed E-state index contributed by atoms with van der Waals surface area (Å²) in [6.07, 6.45) is 4.09. The summed E-state index contributed by atoms with van der Waals surface area (Å²) in [6.45, 7) is 8.96. The Morgan fingerprint density at radius 2 is 1.94 bits per heavy atom. The van der Waals surface area contributed by atoms with Crippen molar-refractivity contribution < 1.29 is 5.11 Å². The molecule has 4 N–H and O–H groups in total. The van der Waals surface area contributed by atoms with E-state index in [-0.39, 0.29) is 16.6 Å². The van der Waals surface area contributed by atoms with Crippen molar-refractivity contribution >= 4 is 11.5 Å². The van der Waals surface area contributed by atoms with Crippen molar-refractivity contribution in [3.05, 3.63) is 30.3 Å². The fraction of sp³-hybridized carbons (Fsp3) is 0.577. The number of aromatic hydroxyl groups is 1. The summed E-state index contributed by atoms with van der Waals surface area (Å²) in [7, 11) is 0. The number of hydrogen-bond acceptors (Lipinski definition) is 8. The minimum atomic E-state index is -0.314. The molecule has 3 fully saturated rings. The van der Waals surface area contributed by atoms with Crippen LogP contribution in [0, 0.1) is 22.2 Å². The fourth-order valence-corrected chi connectivity index (χ4v) is 6.35. The molecule has 0 aliphatic carbocycles. The van der Waals surface area contributed by atoms with Gasteiger partial charge in [-0.25, -0.2) is 0 Å². The standard InChI is InChI=1S/C26H35N7O/c1-25(2)14-26(15-27,9-10-29-16-25)17-33-18-7-8-19(33)13-32(12-18)22-11-21(30-31-24(22)28)20-5-3-4-6-23(20)34/h3-6,11,18-19,29,34H,7-10,12-14,16-17H2,1-2H3,(H2,28,31). The topological polar surface area (TPSA) is 114 Å². The van der Waals surface area contributed by atoms with Crippen LogP contribution in [0.4, 0.5) is 11.5 Å². The van der Waals surface area contributed by atoms with E-state index in [1.54, 1.807) is 12.1 Å². The zero-order chi connectivity index (χ0) is 23.9. The number of nitrogens with one attached hydrogen (secondary N) is 1. The molecule has 180 valence electrons. The van der Waals surface area contributed by atoms with E-state index in [2.05, 4.69) is 45.2 Å². The molecule has 0 radical (unpaired) electrons. The van der Waals surface area contributed by atoms with Crippen LogP contribution in [0.1, 0.15) is 39.5 Å². The summed E-state index contributed by atoms with van der Waals surface area (Å²) in [5.41, 5.74) is 8.23. The first-order valence-electron chi connectivity index (χ1n) is 12.3. The molecule has 1 aromatic carbocycles. The van der Waals surface area contributed by atoms with Gasteiger partial charge in [0.15, 0.2) is 5.82 Å². The molecule has 0 saturated carbocycles. The molecule has 5 rings (SSSR count). The lowest BCUT2D eigenvalue weighted by molar-refractivity contribution is 0.0936. The molecule has 8 nitrogen and oxygen atoms in total. The molecule has 34 heavy (non-hydrogen) atoms. The zero-order valence-electron chi connectivity index (χ0n) is 20.2. The highest BCUT2D eigenvalue weighted by Gasteiger charge is 2.47. The number of piperazine rings is 1. The minimum Gasteiger partial charge on any atom is -0.507 e. The number of aromatic nitrogens is 2. The van der Waals surface area contributed by atoms with Crippen molar-refractivity contribution in [3.63, 3.8) is 0 Å². The molecule has 3 aliphatic heterocycles. The van der Waals surface area contributed by atoms with Crippen molar-refractivity contribution in [1.82, 2.24) is 20.4 Å². The third-order valence-corrected chi connectivity index (χ3v) is 7.88. The van der Waals surface area contributed by atoms with Crippen molar-refractivity contribution in [3.8, 4) is 23.1 Å². The molecule has 8 heteroatoms. The largest absolute Gasteiger partial charge is 0.507 e. The third-order valence-electron chi connectivity index (χ3n) is 7.88. The van der Waals surface area contributed by atoms with E-state index in [9.17, 15) is 10.4 Å². The third kappa shape index (κ3) is 4.30. The summed E-state index contributed by atoms with van der Waals surface area (Å²) < 4.78 is 0. The number of hydrogen-bond donors (Lipinski definition) is 3. The van der Waals surface area contributed by atoms with Gasteiger partial charge in [0.2, 0.25) is 0 Å². The lowest BCUT2D eigenvalue weighted by Gasteiger charge is -2.45. The maximum atomic E-state index is 10.3. The van der Waals surface area contributed by atoms with Crippen LogP contribution in [0.15, 0.2) is 30.3 Å². The van der Waals surface area contributed by atoms with Gasteiger partial charge >= 0.3 is 0 Å². The van der Waals surface area contributed by atoms with Gasteiger partial charge in [-0.3, -0.25) is 4.90 Å². The zero-order valence-corrected chi connectivity index (χ0v) is 20.2. The van der Waals surface area contributed by atoms with E-state index in [0.717, 1.165) is 64.1 Å². The molecular weight excluding hydrogens is 426 g/mol. The van der Waals surface area contributed by atoms with Crippen LogP contribution < -0.4 is 16.0 Å². The summed E-state index contributed by atoms with van der Waals surface area (Å²) >= 11 is 0. The highest BCUT2D eigenvalue weighted by molar-refractivity contribution is 5.74. The Labute approximate surface area is 201 Å². The highest BCUT2D eigenvalue weighted by atomic mass is 16.3. The number of fused-ring (bicyclic) bond motifs is 2. The van der Waals surface area contributed by atoms with E-state index >= 15 is 0 Å². The number of rotatable bonds is 4. The van der Waals surface area contributed by atoms with Gasteiger partial charge in [0.05, 0.1) is 22.9 Å². The Morgan fingerprint density at radius 1 is 1.21 bits per heavy atom. The van der Waals surface area contributed by atoms with Crippen LogP contribution in [-0.4, -0.2) is 65.0 Å². The molecule has 2 bridgehead atoms. The molecular formula is C26H35N7O. The van der Waals surface area contributed by atoms with Crippen LogP contribution in [0.2, 0.25) is 0 Å². The van der Waals surface area contributed by atoms with E-state index in [1.165, 1.54) is 0 Å². The lowest BCUT2D eigenvalue weighted by atomic mass is 9.72. The molecule has 2 aromatic rings. The van der Waals surface area contributed by atoms with Crippen LogP contribution in [-0.2, 0) is 0 Å². The van der Waals surface area contributed by atoms with E-state index < -0.39 is 0 Å². The van der Waals surface area contributed by atoms with E-state index in [0.29, 0.717) is 29.2 Å². The summed E-state index contributed by atoms with van der Waals surface area (Å²) in [4.78, 5) is 4.93. The van der Waals surface area contributed by atoms with Crippen LogP contribution in [0.5, 0.6) is 5.75 Å². The molecule has 1 aromatic heterocycles. The predicted molar refractivity (Wildman–Crippen MR) is 133 cm³/mol. The predicted octanol–water partition coefficient (Wildman–Crippen LogP) is 3.00. The van der Waals surface area contributed by atoms with Crippen LogP contribution in [0.3, 0.4) is 0 Å². The first-order valence-corrected chi connectivity index (χ1v) is 12.3. The van der Waals surface area contributed by atoms with Crippen molar-refractivity contribution in [2.24, 2.45) is 10.8 Å². The molecule has 4 heterocycles. The Hall–Kier alpha value is -2.89. The van der Waals surface area contributed by atoms with Gasteiger partial charge in [-0.15, -0.1) is 10.2 Å². The number of phenols is 1. The molecule has 0 spiro atoms. The minimum absolute atomic E-state index is 0.115. The molecule has 3 unspecified atom stereocenters. The normalized spacial score (nSPS) is 28.9. The molecule has 3 aliphatic rings. The number of anilines is 2. The summed E-state index contributed by atoms with van der Waals surface area (Å²) in [5, 5.41) is 32.5. The lowest BCUT2D eigenvalue weighted by Crippen LogP contribution is -2.56. The molecule has 0 amide bonds. The van der Waals surface area contributed by atoms with E-state index in [4.69, 9.17) is 5.73 Å². The van der Waals surface area contributed by atoms with Gasteiger partial charge < -0.3 is 21.1 Å². The second kappa shape index (κ2) is 8.71. The number of nitriles is 1. The van der Waals surface area contributed by atoms with Crippen molar-refractivity contribution in [2.45, 2.75) is 51.6 Å². The first kappa shape index (κ1) is 22.9. The molecule has 3 saturated heterocycles. The van der Waals surface area contributed by atoms with Crippen molar-refractivity contribution in [2.75, 3.05) is 43.4 Å². The fourth-order valence-electron chi connectivity index (χ4n) is 6.35. The molecule has 3 atom stereocenters. The van der Waals surface area contributed by atoms with Gasteiger partial charge in [-0.2, -0.15) is 5.26 Å². The monoisotopic (exact) mass is 461 g/mol. The average molecular weight is 462 g/mol. The number of nitrogens with zero attached hydrogens (tertiary/aromatic N) is 5. The number of nitrogens with two attached hydrogens (primary N) is 1. The van der Waals surface area contributed by atoms with Crippen LogP contribution >= 0.6 is 0 Å². The second-order valence-corrected chi connectivity index (χ2v) is 11.1. The number of para-hydroxylation sites is 1. The van der Waals surface area contributed by atoms with Gasteiger partial charge in [-0.05, 0) is 55.8 Å². The summed E-state index contributed by atoms with van der Waals surface area (Å²) in [6, 6.07) is 12.6. The SMILES string of the molecule is CC1(C)CNCCC(C#N)(CN2C3CCC2CN(c2cc(-c4ccccc4O)nnc2N)C3)C1. The quantitative estimate of drug-likeness (QED) is 0.637. The number of nitrogen functional groups attached to an aromatic ring is 1. The van der Waals surface area contributed by atoms with Crippen molar-refractivity contribution in [1.29, 1.82) is 5.26 Å². The Kier molecular flexibility index (Phi) is 5.86. The Balaban J connectivity index is 1.37. The van der Waals surface area contributed by atoms with Gasteiger partial charge in [0.25, 0.3) is 0 Å².